The number of Topliss-reactive ketones (excluding diaryl/α,β-unsaturated/α-hetero) is 1. The molecule has 174 valence electrons. The molecule has 0 saturated heterocycles. The smallest absolute Gasteiger partial charge is 0.236 e. The second-order valence-corrected chi connectivity index (χ2v) is 8.47. The van der Waals surface area contributed by atoms with Crippen molar-refractivity contribution >= 4 is 23.2 Å². The van der Waals surface area contributed by atoms with Crippen LogP contribution in [-0.4, -0.2) is 48.1 Å². The van der Waals surface area contributed by atoms with E-state index in [9.17, 15) is 19.8 Å². The largest absolute Gasteiger partial charge is 0.508 e. The van der Waals surface area contributed by atoms with Gasteiger partial charge in [-0.2, -0.15) is 0 Å². The fourth-order valence-electron chi connectivity index (χ4n) is 4.33. The molecule has 33 heavy (non-hydrogen) atoms. The van der Waals surface area contributed by atoms with E-state index in [1.165, 1.54) is 38.5 Å². The molecule has 1 aliphatic carbocycles. The molecule has 0 amide bonds. The molecule has 1 spiro atoms. The maximum absolute atomic E-state index is 13.5. The van der Waals surface area contributed by atoms with Gasteiger partial charge in [0.25, 0.3) is 0 Å². The van der Waals surface area contributed by atoms with Crippen molar-refractivity contribution < 1.29 is 34.0 Å². The van der Waals surface area contributed by atoms with Crippen molar-refractivity contribution in [2.75, 3.05) is 20.8 Å². The first-order valence-electron chi connectivity index (χ1n) is 10.4. The lowest BCUT2D eigenvalue weighted by Crippen LogP contribution is -2.55. The van der Waals surface area contributed by atoms with Gasteiger partial charge in [-0.15, -0.1) is 0 Å². The maximum atomic E-state index is 13.5. The number of halogens is 1. The Morgan fingerprint density at radius 1 is 1.24 bits per heavy atom. The number of hydrogen-bond donors (Lipinski definition) is 3. The zero-order valence-corrected chi connectivity index (χ0v) is 19.1. The van der Waals surface area contributed by atoms with Crippen LogP contribution in [0.4, 0.5) is 0 Å². The highest BCUT2D eigenvalue weighted by atomic mass is 35.5. The molecule has 2 aromatic carbocycles. The summed E-state index contributed by atoms with van der Waals surface area (Å²) in [7, 11) is 2.84. The summed E-state index contributed by atoms with van der Waals surface area (Å²) in [6.45, 7) is 1.87. The average molecular weight is 474 g/mol. The monoisotopic (exact) mass is 473 g/mol. The Balaban J connectivity index is 1.59. The zero-order chi connectivity index (χ0) is 23.9. The van der Waals surface area contributed by atoms with Crippen molar-refractivity contribution in [3.05, 3.63) is 58.3 Å². The number of methoxy groups -OCH3 is 2. The summed E-state index contributed by atoms with van der Waals surface area (Å²) in [5.74, 6) is -0.942. The third-order valence-corrected chi connectivity index (χ3v) is 6.45. The third kappa shape index (κ3) is 3.69. The van der Waals surface area contributed by atoms with Crippen molar-refractivity contribution in [2.45, 2.75) is 25.0 Å². The molecule has 9 heteroatoms. The van der Waals surface area contributed by atoms with Gasteiger partial charge in [-0.05, 0) is 24.1 Å². The summed E-state index contributed by atoms with van der Waals surface area (Å²) in [4.78, 5) is 26.7. The predicted molar refractivity (Wildman–Crippen MR) is 120 cm³/mol. The van der Waals surface area contributed by atoms with Crippen molar-refractivity contribution in [3.63, 3.8) is 0 Å². The number of ketones is 2. The topological polar surface area (TPSA) is 114 Å². The van der Waals surface area contributed by atoms with Crippen LogP contribution in [0.2, 0.25) is 5.02 Å². The summed E-state index contributed by atoms with van der Waals surface area (Å²) in [5.41, 5.74) is -0.524. The van der Waals surface area contributed by atoms with E-state index in [-0.39, 0.29) is 40.1 Å². The van der Waals surface area contributed by atoms with Crippen LogP contribution < -0.4 is 19.5 Å². The number of fused-ring (bicyclic) bond motifs is 1. The van der Waals surface area contributed by atoms with Gasteiger partial charge in [-0.25, -0.2) is 0 Å². The Morgan fingerprint density at radius 2 is 1.97 bits per heavy atom. The lowest BCUT2D eigenvalue weighted by atomic mass is 9.74. The molecule has 2 aromatic rings. The quantitative estimate of drug-likeness (QED) is 0.548. The Hall–Kier alpha value is -3.23. The molecule has 3 N–H and O–H groups in total. The van der Waals surface area contributed by atoms with Gasteiger partial charge in [0, 0.05) is 30.3 Å². The fourth-order valence-corrected chi connectivity index (χ4v) is 4.59. The van der Waals surface area contributed by atoms with E-state index >= 15 is 0 Å². The Morgan fingerprint density at radius 3 is 2.61 bits per heavy atom. The normalized spacial score (nSPS) is 22.5. The summed E-state index contributed by atoms with van der Waals surface area (Å²) >= 11 is 6.39. The second-order valence-electron chi connectivity index (χ2n) is 8.10. The number of ether oxygens (including phenoxy) is 3. The number of carbonyl (C=O) groups is 2. The molecule has 1 aliphatic heterocycles. The number of nitrogens with one attached hydrogen (secondary N) is 1. The number of phenolic OH excluding ortho intramolecular Hbond substituents is 1. The first-order valence-corrected chi connectivity index (χ1v) is 10.7. The van der Waals surface area contributed by atoms with Crippen LogP contribution in [0.25, 0.3) is 0 Å². The van der Waals surface area contributed by atoms with E-state index in [4.69, 9.17) is 25.8 Å². The SMILES string of the molecule is COc1cc(OC)c2c(c1Cl)O[C@@]1(C(=O)C=C(NCC(O)c3cccc(O)c3)C[C@H]1C)C2=O. The number of aliphatic hydroxyl groups excluding tert-OH is 1. The molecule has 0 bridgehead atoms. The van der Waals surface area contributed by atoms with Crippen LogP contribution in [-0.2, 0) is 4.79 Å². The number of rotatable bonds is 6. The van der Waals surface area contributed by atoms with Crippen LogP contribution >= 0.6 is 11.6 Å². The van der Waals surface area contributed by atoms with Gasteiger partial charge in [-0.1, -0.05) is 30.7 Å². The van der Waals surface area contributed by atoms with Gasteiger partial charge in [0.15, 0.2) is 5.75 Å². The van der Waals surface area contributed by atoms with Crippen molar-refractivity contribution in [1.29, 1.82) is 0 Å². The van der Waals surface area contributed by atoms with Crippen molar-refractivity contribution in [2.24, 2.45) is 5.92 Å². The molecule has 3 atom stereocenters. The van der Waals surface area contributed by atoms with E-state index in [0.717, 1.165) is 0 Å². The van der Waals surface area contributed by atoms with E-state index in [0.29, 0.717) is 17.7 Å². The summed E-state index contributed by atoms with van der Waals surface area (Å²) in [6.07, 6.45) is 0.759. The molecular formula is C24H24ClNO7. The molecular weight excluding hydrogens is 450 g/mol. The van der Waals surface area contributed by atoms with Crippen molar-refractivity contribution in [3.8, 4) is 23.0 Å². The number of phenols is 1. The minimum Gasteiger partial charge on any atom is -0.508 e. The molecule has 0 fully saturated rings. The van der Waals surface area contributed by atoms with Crippen molar-refractivity contribution in [1.82, 2.24) is 5.32 Å². The molecule has 0 aromatic heterocycles. The maximum Gasteiger partial charge on any atom is 0.236 e. The summed E-state index contributed by atoms with van der Waals surface area (Å²) in [5, 5.41) is 23.2. The van der Waals surface area contributed by atoms with Crippen LogP contribution in [0.1, 0.15) is 35.4 Å². The van der Waals surface area contributed by atoms with Crippen LogP contribution in [0.5, 0.6) is 23.0 Å². The number of aromatic hydroxyl groups is 1. The Bertz CT molecular complexity index is 1160. The Labute approximate surface area is 195 Å². The molecule has 2 aliphatic rings. The fraction of sp³-hybridized carbons (Fsp3) is 0.333. The molecule has 1 heterocycles. The zero-order valence-electron chi connectivity index (χ0n) is 18.3. The Kier molecular flexibility index (Phi) is 5.99. The van der Waals surface area contributed by atoms with E-state index in [1.807, 2.05) is 0 Å². The molecule has 0 radical (unpaired) electrons. The van der Waals surface area contributed by atoms with Gasteiger partial charge in [0.05, 0.1) is 20.3 Å². The third-order valence-electron chi connectivity index (χ3n) is 6.09. The van der Waals surface area contributed by atoms with Gasteiger partial charge in [-0.3, -0.25) is 9.59 Å². The highest BCUT2D eigenvalue weighted by molar-refractivity contribution is 6.36. The van der Waals surface area contributed by atoms with E-state index in [1.54, 1.807) is 19.1 Å². The van der Waals surface area contributed by atoms with E-state index in [2.05, 4.69) is 5.32 Å². The second kappa shape index (κ2) is 8.61. The highest BCUT2D eigenvalue weighted by Crippen LogP contribution is 2.52. The van der Waals surface area contributed by atoms with Gasteiger partial charge in [0.2, 0.25) is 17.2 Å². The standard InChI is InChI=1S/C24H24ClNO7/c1-12-7-14(26-11-16(28)13-5-4-6-15(27)8-13)9-19(29)24(12)23(30)20-17(31-2)10-18(32-3)21(25)22(20)33-24/h4-6,8-10,12,16,26-28H,7,11H2,1-3H3/t12-,16?,24+/m1/s1. The first-order chi connectivity index (χ1) is 15.7. The molecule has 4 rings (SSSR count). The van der Waals surface area contributed by atoms with Gasteiger partial charge in [0.1, 0.15) is 27.8 Å². The van der Waals surface area contributed by atoms with Crippen LogP contribution in [0.3, 0.4) is 0 Å². The minimum absolute atomic E-state index is 0.0522. The summed E-state index contributed by atoms with van der Waals surface area (Å²) in [6, 6.07) is 7.81. The molecule has 8 nitrogen and oxygen atoms in total. The average Bonchev–Trinajstić information content (AvgIpc) is 3.11. The summed E-state index contributed by atoms with van der Waals surface area (Å²) < 4.78 is 16.6. The number of aliphatic hydroxyl groups is 1. The number of benzene rings is 2. The van der Waals surface area contributed by atoms with E-state index < -0.39 is 29.2 Å². The van der Waals surface area contributed by atoms with Crippen LogP contribution in [0.15, 0.2) is 42.1 Å². The molecule has 0 saturated carbocycles. The lowest BCUT2D eigenvalue weighted by molar-refractivity contribution is -0.129. The van der Waals surface area contributed by atoms with Crippen LogP contribution in [0, 0.1) is 5.92 Å². The van der Waals surface area contributed by atoms with Gasteiger partial charge < -0.3 is 29.7 Å². The predicted octanol–water partition coefficient (Wildman–Crippen LogP) is 3.19. The lowest BCUT2D eigenvalue weighted by Gasteiger charge is -2.35. The number of hydrogen-bond acceptors (Lipinski definition) is 8. The minimum atomic E-state index is -1.75. The molecule has 1 unspecified atom stereocenters. The number of carbonyl (C=O) groups excluding carboxylic acids is 2. The number of allylic oxidation sites excluding steroid dienone is 1. The highest BCUT2D eigenvalue weighted by Gasteiger charge is 2.60. The first kappa shape index (κ1) is 22.9. The van der Waals surface area contributed by atoms with Gasteiger partial charge >= 0.3 is 0 Å².